The van der Waals surface area contributed by atoms with E-state index in [0.29, 0.717) is 11.5 Å². The summed E-state index contributed by atoms with van der Waals surface area (Å²) in [7, 11) is 0. The number of imide groups is 1. The van der Waals surface area contributed by atoms with Gasteiger partial charge in [-0.25, -0.2) is 0 Å². The first-order chi connectivity index (χ1) is 16.1. The third-order valence-corrected chi connectivity index (χ3v) is 6.69. The van der Waals surface area contributed by atoms with Crippen molar-refractivity contribution in [2.45, 2.75) is 25.6 Å². The molecule has 0 unspecified atom stereocenters. The number of carbonyl (C=O) groups excluding carboxylic acids is 2. The van der Waals surface area contributed by atoms with E-state index in [1.165, 1.54) is 10.5 Å². The highest BCUT2D eigenvalue weighted by Gasteiger charge is 2.42. The Morgan fingerprint density at radius 2 is 1.30 bits per heavy atom. The SMILES string of the molecule is O=C1C[C@H](N2CCN(Cc3ccc4c(c3)OCO4)CC2)C(=O)N1Cc1ccc2c(c1)OCO2. The van der Waals surface area contributed by atoms with E-state index in [9.17, 15) is 9.59 Å². The fraction of sp³-hybridized carbons (Fsp3) is 0.417. The van der Waals surface area contributed by atoms with Gasteiger partial charge in [-0.1, -0.05) is 12.1 Å². The molecule has 0 saturated carbocycles. The Morgan fingerprint density at radius 3 is 1.94 bits per heavy atom. The van der Waals surface area contributed by atoms with Crippen LogP contribution in [0.3, 0.4) is 0 Å². The summed E-state index contributed by atoms with van der Waals surface area (Å²) in [5.41, 5.74) is 2.03. The highest BCUT2D eigenvalue weighted by atomic mass is 16.7. The quantitative estimate of drug-likeness (QED) is 0.634. The first kappa shape index (κ1) is 20.3. The zero-order valence-corrected chi connectivity index (χ0v) is 18.2. The molecule has 0 spiro atoms. The van der Waals surface area contributed by atoms with Crippen molar-refractivity contribution < 1.29 is 28.5 Å². The van der Waals surface area contributed by atoms with Crippen LogP contribution in [0.2, 0.25) is 0 Å². The number of amides is 2. The molecule has 9 heteroatoms. The Labute approximate surface area is 191 Å². The van der Waals surface area contributed by atoms with Crippen molar-refractivity contribution >= 4 is 11.8 Å². The Hall–Kier alpha value is -3.30. The summed E-state index contributed by atoms with van der Waals surface area (Å²) >= 11 is 0. The molecule has 9 nitrogen and oxygen atoms in total. The van der Waals surface area contributed by atoms with E-state index in [0.717, 1.165) is 49.8 Å². The Kier molecular flexibility index (Phi) is 5.07. The van der Waals surface area contributed by atoms with Crippen LogP contribution in [0.1, 0.15) is 17.5 Å². The first-order valence-electron chi connectivity index (χ1n) is 11.2. The molecule has 2 fully saturated rings. The highest BCUT2D eigenvalue weighted by Crippen LogP contribution is 2.34. The molecular formula is C24H25N3O6. The molecule has 172 valence electrons. The number of nitrogens with zero attached hydrogens (tertiary/aromatic N) is 3. The van der Waals surface area contributed by atoms with E-state index in [2.05, 4.69) is 15.9 Å². The third kappa shape index (κ3) is 3.87. The molecule has 4 aliphatic heterocycles. The lowest BCUT2D eigenvalue weighted by Crippen LogP contribution is -2.52. The number of fused-ring (bicyclic) bond motifs is 2. The first-order valence-corrected chi connectivity index (χ1v) is 11.2. The minimum atomic E-state index is -0.376. The number of piperazine rings is 1. The largest absolute Gasteiger partial charge is 0.454 e. The van der Waals surface area contributed by atoms with Crippen molar-refractivity contribution in [3.8, 4) is 23.0 Å². The van der Waals surface area contributed by atoms with Crippen LogP contribution < -0.4 is 18.9 Å². The lowest BCUT2D eigenvalue weighted by Gasteiger charge is -2.37. The Morgan fingerprint density at radius 1 is 0.727 bits per heavy atom. The lowest BCUT2D eigenvalue weighted by molar-refractivity contribution is -0.140. The second kappa shape index (κ2) is 8.24. The molecule has 0 aliphatic carbocycles. The van der Waals surface area contributed by atoms with Crippen LogP contribution in [0.5, 0.6) is 23.0 Å². The normalized spacial score (nSPS) is 22.4. The van der Waals surface area contributed by atoms with Gasteiger partial charge in [-0.15, -0.1) is 0 Å². The molecule has 0 bridgehead atoms. The summed E-state index contributed by atoms with van der Waals surface area (Å²) in [6, 6.07) is 11.2. The maximum atomic E-state index is 13.1. The molecule has 6 rings (SSSR count). The molecule has 2 saturated heterocycles. The smallest absolute Gasteiger partial charge is 0.247 e. The number of benzene rings is 2. The third-order valence-electron chi connectivity index (χ3n) is 6.69. The Balaban J connectivity index is 1.05. The summed E-state index contributed by atoms with van der Waals surface area (Å²) < 4.78 is 21.6. The van der Waals surface area contributed by atoms with E-state index >= 15 is 0 Å². The highest BCUT2D eigenvalue weighted by molar-refractivity contribution is 6.05. The van der Waals surface area contributed by atoms with Crippen LogP contribution in [0, 0.1) is 0 Å². The molecule has 4 aliphatic rings. The summed E-state index contributed by atoms with van der Waals surface area (Å²) in [5, 5.41) is 0. The molecular weight excluding hydrogens is 426 g/mol. The number of carbonyl (C=O) groups is 2. The number of ether oxygens (including phenoxy) is 4. The Bertz CT molecular complexity index is 1100. The molecule has 33 heavy (non-hydrogen) atoms. The molecule has 1 atom stereocenters. The van der Waals surface area contributed by atoms with E-state index in [4.69, 9.17) is 18.9 Å². The monoisotopic (exact) mass is 451 g/mol. The van der Waals surface area contributed by atoms with Crippen LogP contribution in [0.4, 0.5) is 0 Å². The van der Waals surface area contributed by atoms with Crippen molar-refractivity contribution in [3.05, 3.63) is 47.5 Å². The van der Waals surface area contributed by atoms with Crippen LogP contribution in [-0.2, 0) is 22.7 Å². The average molecular weight is 451 g/mol. The zero-order chi connectivity index (χ0) is 22.4. The molecule has 2 amide bonds. The van der Waals surface area contributed by atoms with Gasteiger partial charge in [0.2, 0.25) is 25.4 Å². The maximum Gasteiger partial charge on any atom is 0.247 e. The second-order valence-electron chi connectivity index (χ2n) is 8.73. The van der Waals surface area contributed by atoms with E-state index < -0.39 is 0 Å². The van der Waals surface area contributed by atoms with Gasteiger partial charge in [0.25, 0.3) is 0 Å². The van der Waals surface area contributed by atoms with Crippen molar-refractivity contribution in [1.29, 1.82) is 0 Å². The fourth-order valence-corrected chi connectivity index (χ4v) is 4.87. The van der Waals surface area contributed by atoms with Crippen molar-refractivity contribution in [2.24, 2.45) is 0 Å². The summed E-state index contributed by atoms with van der Waals surface area (Å²) in [6.07, 6.45) is 0.242. The molecule has 4 heterocycles. The average Bonchev–Trinajstić information content (AvgIpc) is 3.55. The van der Waals surface area contributed by atoms with Gasteiger partial charge in [-0.2, -0.15) is 0 Å². The standard InChI is InChI=1S/C24H25N3O6/c28-23-11-18(24(29)27(23)13-17-2-4-20-22(10-17)33-15-31-20)26-7-5-25(6-8-26)12-16-1-3-19-21(9-16)32-14-30-19/h1-4,9-10,18H,5-8,11-15H2/t18-/m0/s1. The molecule has 0 radical (unpaired) electrons. The molecule has 0 aromatic heterocycles. The number of hydrogen-bond acceptors (Lipinski definition) is 8. The van der Waals surface area contributed by atoms with Gasteiger partial charge in [0, 0.05) is 32.7 Å². The van der Waals surface area contributed by atoms with Gasteiger partial charge in [-0.05, 0) is 35.4 Å². The fourth-order valence-electron chi connectivity index (χ4n) is 4.87. The second-order valence-corrected chi connectivity index (χ2v) is 8.73. The number of rotatable bonds is 5. The van der Waals surface area contributed by atoms with Gasteiger partial charge >= 0.3 is 0 Å². The topological polar surface area (TPSA) is 80.8 Å². The maximum absolute atomic E-state index is 13.1. The van der Waals surface area contributed by atoms with Crippen molar-refractivity contribution in [3.63, 3.8) is 0 Å². The summed E-state index contributed by atoms with van der Waals surface area (Å²) in [6.45, 7) is 4.74. The van der Waals surface area contributed by atoms with Crippen LogP contribution in [0.15, 0.2) is 36.4 Å². The van der Waals surface area contributed by atoms with Crippen LogP contribution >= 0.6 is 0 Å². The van der Waals surface area contributed by atoms with Crippen LogP contribution in [-0.4, -0.2) is 72.3 Å². The molecule has 2 aromatic carbocycles. The van der Waals surface area contributed by atoms with E-state index in [1.807, 2.05) is 30.3 Å². The van der Waals surface area contributed by atoms with Gasteiger partial charge < -0.3 is 18.9 Å². The van der Waals surface area contributed by atoms with Gasteiger partial charge in [-0.3, -0.25) is 24.3 Å². The minimum Gasteiger partial charge on any atom is -0.454 e. The summed E-state index contributed by atoms with van der Waals surface area (Å²) in [4.78, 5) is 31.7. The van der Waals surface area contributed by atoms with E-state index in [-0.39, 0.29) is 44.4 Å². The van der Waals surface area contributed by atoms with Crippen molar-refractivity contribution in [1.82, 2.24) is 14.7 Å². The zero-order valence-electron chi connectivity index (χ0n) is 18.2. The minimum absolute atomic E-state index is 0.109. The van der Waals surface area contributed by atoms with Gasteiger partial charge in [0.1, 0.15) is 0 Å². The van der Waals surface area contributed by atoms with Gasteiger partial charge in [0.05, 0.1) is 19.0 Å². The predicted molar refractivity (Wildman–Crippen MR) is 116 cm³/mol. The van der Waals surface area contributed by atoms with Crippen molar-refractivity contribution in [2.75, 3.05) is 39.8 Å². The van der Waals surface area contributed by atoms with E-state index in [1.54, 1.807) is 0 Å². The lowest BCUT2D eigenvalue weighted by atomic mass is 10.1. The van der Waals surface area contributed by atoms with Gasteiger partial charge in [0.15, 0.2) is 23.0 Å². The van der Waals surface area contributed by atoms with Crippen LogP contribution in [0.25, 0.3) is 0 Å². The molecule has 2 aromatic rings. The predicted octanol–water partition coefficient (Wildman–Crippen LogP) is 1.59. The number of likely N-dealkylation sites (tertiary alicyclic amines) is 1. The summed E-state index contributed by atoms with van der Waals surface area (Å²) in [5.74, 6) is 2.70. The molecule has 0 N–H and O–H groups in total. The number of hydrogen-bond donors (Lipinski definition) is 0.